The smallest absolute Gasteiger partial charge is 0.306 e. The van der Waals surface area contributed by atoms with Crippen LogP contribution in [0.3, 0.4) is 0 Å². The van der Waals surface area contributed by atoms with Crippen LogP contribution in [0.4, 0.5) is 0 Å². The van der Waals surface area contributed by atoms with Gasteiger partial charge in [0, 0.05) is 6.42 Å². The Labute approximate surface area is 508 Å². The molecule has 0 aromatic rings. The lowest BCUT2D eigenvalue weighted by atomic mass is 9.99. The number of unbranched alkanes of at least 4 members (excludes halogenated alkanes) is 32. The summed E-state index contributed by atoms with van der Waals surface area (Å²) in [5.41, 5.74) is 0. The second-order valence-electron chi connectivity index (χ2n) is 23.5. The van der Waals surface area contributed by atoms with Crippen molar-refractivity contribution < 1.29 is 49.3 Å². The lowest BCUT2D eigenvalue weighted by Crippen LogP contribution is -2.61. The van der Waals surface area contributed by atoms with Gasteiger partial charge in [0.05, 0.1) is 25.4 Å². The average Bonchev–Trinajstić information content (AvgIpc) is 3.50. The number of carbonyl (C=O) groups is 2. The summed E-state index contributed by atoms with van der Waals surface area (Å²) in [5, 5.41) is 57.2. The molecule has 11 nitrogen and oxygen atoms in total. The van der Waals surface area contributed by atoms with Crippen molar-refractivity contribution in [1.82, 2.24) is 5.32 Å². The predicted octanol–water partition coefficient (Wildman–Crippen LogP) is 17.3. The highest BCUT2D eigenvalue weighted by Gasteiger charge is 2.47. The number of rotatable bonds is 58. The summed E-state index contributed by atoms with van der Waals surface area (Å²) >= 11 is 0. The van der Waals surface area contributed by atoms with E-state index in [2.05, 4.69) is 99.0 Å². The summed E-state index contributed by atoms with van der Waals surface area (Å²) in [5.74, 6) is -1.22. The molecule has 8 unspecified atom stereocenters. The third kappa shape index (κ3) is 46.7. The molecular weight excluding hydrogens is 1040 g/mol. The molecule has 1 aliphatic heterocycles. The van der Waals surface area contributed by atoms with E-state index < -0.39 is 67.4 Å². The minimum absolute atomic E-state index is 0.0913. The quantitative estimate of drug-likeness (QED) is 0.0195. The molecule has 6 N–H and O–H groups in total. The highest BCUT2D eigenvalue weighted by molar-refractivity contribution is 5.80. The number of hydrogen-bond donors (Lipinski definition) is 6. The minimum atomic E-state index is -1.63. The van der Waals surface area contributed by atoms with Crippen LogP contribution in [-0.4, -0.2) is 99.6 Å². The number of ether oxygens (including phenoxy) is 3. The first kappa shape index (κ1) is 77.9. The Morgan fingerprint density at radius 3 is 1.30 bits per heavy atom. The van der Waals surface area contributed by atoms with Crippen LogP contribution < -0.4 is 5.32 Å². The van der Waals surface area contributed by atoms with Gasteiger partial charge in [0.15, 0.2) is 12.4 Å². The van der Waals surface area contributed by atoms with Gasteiger partial charge >= 0.3 is 5.97 Å². The zero-order valence-corrected chi connectivity index (χ0v) is 53.3. The molecule has 8 atom stereocenters. The van der Waals surface area contributed by atoms with Crippen molar-refractivity contribution in [2.75, 3.05) is 13.2 Å². The third-order valence-corrected chi connectivity index (χ3v) is 15.8. The van der Waals surface area contributed by atoms with Gasteiger partial charge < -0.3 is 45.1 Å². The fourth-order valence-corrected chi connectivity index (χ4v) is 10.4. The molecule has 1 amide bonds. The lowest BCUT2D eigenvalue weighted by Gasteiger charge is -2.41. The summed E-state index contributed by atoms with van der Waals surface area (Å²) in [6, 6.07) is -1.03. The van der Waals surface area contributed by atoms with Crippen LogP contribution in [0, 0.1) is 0 Å². The first-order valence-electron chi connectivity index (χ1n) is 34.4. The first-order valence-corrected chi connectivity index (χ1v) is 34.4. The van der Waals surface area contributed by atoms with E-state index in [0.29, 0.717) is 19.3 Å². The molecule has 0 aromatic carbocycles. The van der Waals surface area contributed by atoms with Gasteiger partial charge in [-0.1, -0.05) is 298 Å². The Morgan fingerprint density at radius 1 is 0.482 bits per heavy atom. The van der Waals surface area contributed by atoms with Crippen LogP contribution in [0.5, 0.6) is 0 Å². The maximum absolute atomic E-state index is 13.5. The van der Waals surface area contributed by atoms with E-state index in [1.54, 1.807) is 6.08 Å². The van der Waals surface area contributed by atoms with Crippen molar-refractivity contribution in [2.24, 2.45) is 0 Å². The van der Waals surface area contributed by atoms with Crippen molar-refractivity contribution in [1.29, 1.82) is 0 Å². The summed E-state index contributed by atoms with van der Waals surface area (Å²) in [7, 11) is 0. The molecule has 0 spiro atoms. The first-order chi connectivity index (χ1) is 40.7. The van der Waals surface area contributed by atoms with Gasteiger partial charge in [0.2, 0.25) is 5.91 Å². The average molecular weight is 1170 g/mol. The van der Waals surface area contributed by atoms with Crippen LogP contribution in [0.1, 0.15) is 297 Å². The molecule has 0 radical (unpaired) electrons. The van der Waals surface area contributed by atoms with E-state index in [9.17, 15) is 35.1 Å². The molecular formula is C72H127NO10. The third-order valence-electron chi connectivity index (χ3n) is 15.8. The van der Waals surface area contributed by atoms with Gasteiger partial charge in [0.25, 0.3) is 0 Å². The normalized spacial score (nSPS) is 19.1. The van der Waals surface area contributed by atoms with Crippen LogP contribution >= 0.6 is 0 Å². The second kappa shape index (κ2) is 59.2. The number of nitrogens with one attached hydrogen (secondary N) is 1. The molecule has 1 saturated heterocycles. The number of amides is 1. The summed E-state index contributed by atoms with van der Waals surface area (Å²) in [4.78, 5) is 26.6. The van der Waals surface area contributed by atoms with E-state index in [-0.39, 0.29) is 13.0 Å². The fraction of sp³-hybridized carbons (Fsp3) is 0.778. The Hall–Kier alpha value is -3.16. The Bertz CT molecular complexity index is 1670. The van der Waals surface area contributed by atoms with Crippen LogP contribution in [0.25, 0.3) is 0 Å². The summed E-state index contributed by atoms with van der Waals surface area (Å²) in [6.45, 7) is 5.69. The minimum Gasteiger partial charge on any atom is -0.454 e. The van der Waals surface area contributed by atoms with E-state index in [1.807, 2.05) is 6.08 Å². The summed E-state index contributed by atoms with van der Waals surface area (Å²) in [6.07, 6.45) is 67.6. The van der Waals surface area contributed by atoms with Crippen molar-refractivity contribution in [3.05, 3.63) is 85.1 Å². The topological polar surface area (TPSA) is 175 Å². The van der Waals surface area contributed by atoms with Crippen LogP contribution in [0.15, 0.2) is 85.1 Å². The van der Waals surface area contributed by atoms with Crippen molar-refractivity contribution in [2.45, 2.75) is 346 Å². The van der Waals surface area contributed by atoms with E-state index >= 15 is 0 Å². The second-order valence-corrected chi connectivity index (χ2v) is 23.5. The number of aliphatic hydroxyl groups excluding tert-OH is 5. The lowest BCUT2D eigenvalue weighted by molar-refractivity contribution is -0.305. The number of carbonyl (C=O) groups excluding carboxylic acids is 2. The van der Waals surface area contributed by atoms with Gasteiger partial charge in [0.1, 0.15) is 24.4 Å². The van der Waals surface area contributed by atoms with Crippen molar-refractivity contribution in [3.8, 4) is 0 Å². The molecule has 1 rings (SSSR count). The molecule has 1 aliphatic rings. The SMILES string of the molecule is CC/C=C\C/C=C\C/C=C\C/C=C\C/C=C\C/C=C\CCCCCCC(=O)OC1C(OCC(NC(=O)C(O)CCCCCCCCCCCCCCCCCCCC)C(O)/C=C/CCCCCCCCCCCCC)OC(CO)C(O)C1O. The molecule has 0 bridgehead atoms. The molecule has 11 heteroatoms. The zero-order chi connectivity index (χ0) is 60.3. The molecule has 0 aromatic heterocycles. The monoisotopic (exact) mass is 1170 g/mol. The molecule has 480 valence electrons. The van der Waals surface area contributed by atoms with Crippen molar-refractivity contribution in [3.63, 3.8) is 0 Å². The molecule has 0 saturated carbocycles. The Balaban J connectivity index is 2.64. The fourth-order valence-electron chi connectivity index (χ4n) is 10.4. The summed E-state index contributed by atoms with van der Waals surface area (Å²) < 4.78 is 17.7. The number of aliphatic hydroxyl groups is 5. The zero-order valence-electron chi connectivity index (χ0n) is 53.3. The van der Waals surface area contributed by atoms with Gasteiger partial charge in [-0.2, -0.15) is 0 Å². The number of allylic oxidation sites excluding steroid dienone is 13. The molecule has 1 fully saturated rings. The molecule has 0 aliphatic carbocycles. The number of hydrogen-bond acceptors (Lipinski definition) is 10. The highest BCUT2D eigenvalue weighted by atomic mass is 16.7. The van der Waals surface area contributed by atoms with Crippen LogP contribution in [-0.2, 0) is 23.8 Å². The molecule has 83 heavy (non-hydrogen) atoms. The van der Waals surface area contributed by atoms with Crippen molar-refractivity contribution >= 4 is 11.9 Å². The van der Waals surface area contributed by atoms with E-state index in [4.69, 9.17) is 14.2 Å². The Kier molecular flexibility index (Phi) is 55.5. The maximum Gasteiger partial charge on any atom is 0.306 e. The van der Waals surface area contributed by atoms with Gasteiger partial charge in [-0.15, -0.1) is 0 Å². The number of esters is 1. The van der Waals surface area contributed by atoms with E-state index in [1.165, 1.54) is 148 Å². The predicted molar refractivity (Wildman–Crippen MR) is 347 cm³/mol. The van der Waals surface area contributed by atoms with Crippen LogP contribution in [0.2, 0.25) is 0 Å². The standard InChI is InChI=1S/C72H127NO10/c1-4-7-10-13-16-19-22-25-27-29-31-32-33-34-35-37-39-42-45-48-51-54-57-60-67(77)83-70-69(79)68(78)66(61-74)82-72(70)81-62-63(64(75)58-55-52-49-46-43-40-24-21-18-15-12-9-6-3)73-71(80)65(76)59-56-53-50-47-44-41-38-36-30-28-26-23-20-17-14-11-8-5-2/h7,10,16,19,25,27,31-32,34-35,39,42,55,58,63-66,68-70,72,74-76,78-79H,4-6,8-9,11-15,17-18,20-24,26,28-30,33,36-38,40-41,43-54,56-57,59-62H2,1-3H3,(H,73,80)/b10-7-,19-16-,27-25-,32-31-,35-34-,42-39-,58-55+. The van der Waals surface area contributed by atoms with Gasteiger partial charge in [-0.3, -0.25) is 9.59 Å². The van der Waals surface area contributed by atoms with Gasteiger partial charge in [-0.25, -0.2) is 0 Å². The Morgan fingerprint density at radius 2 is 0.867 bits per heavy atom. The molecule has 1 heterocycles. The maximum atomic E-state index is 13.5. The largest absolute Gasteiger partial charge is 0.454 e. The van der Waals surface area contributed by atoms with Gasteiger partial charge in [-0.05, 0) is 77.0 Å². The highest BCUT2D eigenvalue weighted by Crippen LogP contribution is 2.26. The van der Waals surface area contributed by atoms with E-state index in [0.717, 1.165) is 103 Å².